The molecule has 2 saturated heterocycles. The van der Waals surface area contributed by atoms with Gasteiger partial charge in [0.25, 0.3) is 14.2 Å². The third-order valence-electron chi connectivity index (χ3n) is 9.18. The summed E-state index contributed by atoms with van der Waals surface area (Å²) in [7, 11) is -3.47. The summed E-state index contributed by atoms with van der Waals surface area (Å²) in [6, 6.07) is 20.0. The van der Waals surface area contributed by atoms with Gasteiger partial charge in [-0.2, -0.15) is 0 Å². The minimum Gasteiger partial charge on any atom is -0.408 e. The Labute approximate surface area is 257 Å². The minimum absolute atomic E-state index is 0.0278. The first kappa shape index (κ1) is 32.7. The molecular formula is C32H46N2O5SSi2. The number of thioether (sulfide) groups is 1. The predicted octanol–water partition coefficient (Wildman–Crippen LogP) is 4.61. The number of amides is 2. The van der Waals surface area contributed by atoms with E-state index in [0.29, 0.717) is 0 Å². The zero-order valence-electron chi connectivity index (χ0n) is 26.5. The van der Waals surface area contributed by atoms with E-state index in [2.05, 4.69) is 78.9 Å². The molecule has 2 amide bonds. The van der Waals surface area contributed by atoms with Gasteiger partial charge in [-0.25, -0.2) is 0 Å². The van der Waals surface area contributed by atoms with Gasteiger partial charge in [-0.15, -0.1) is 0 Å². The standard InChI is InChI=1S/C32H46N2O5SSi2/c1-30(2,3)41(8,9)39-23-40-32-27(35)20-24(34(32)28(36)21-33(7)29(32)37)22-38-42(31(4,5)6,25-16-12-10-13-17-25)26-18-14-11-15-19-26/h10-19,24H,20-23H2,1-9H3/t24-,32-/m1/s1. The maximum atomic E-state index is 13.9. The SMILES string of the molecule is CN1CC(=O)N2[C@@H](CO[Si](c3ccccc3)(c3ccccc3)C(C)(C)C)CC(=O)[C@@]2(SCO[Si](C)(C)C(C)(C)C)C1=O. The van der Waals surface area contributed by atoms with Crippen LogP contribution in [0.5, 0.6) is 0 Å². The van der Waals surface area contributed by atoms with Crippen LogP contribution < -0.4 is 10.4 Å². The summed E-state index contributed by atoms with van der Waals surface area (Å²) in [6.45, 7) is 17.4. The quantitative estimate of drug-likeness (QED) is 0.230. The molecule has 0 radical (unpaired) electrons. The van der Waals surface area contributed by atoms with Crippen LogP contribution in [0.4, 0.5) is 0 Å². The van der Waals surface area contributed by atoms with Gasteiger partial charge in [0.05, 0.1) is 25.1 Å². The van der Waals surface area contributed by atoms with Crippen molar-refractivity contribution in [3.8, 4) is 0 Å². The van der Waals surface area contributed by atoms with Crippen molar-refractivity contribution in [2.75, 3.05) is 26.1 Å². The van der Waals surface area contributed by atoms with Crippen LogP contribution in [-0.4, -0.2) is 81.1 Å². The first-order valence-electron chi connectivity index (χ1n) is 14.6. The van der Waals surface area contributed by atoms with Crippen LogP contribution in [0.1, 0.15) is 48.0 Å². The summed E-state index contributed by atoms with van der Waals surface area (Å²) in [4.78, 5) is 42.6. The minimum atomic E-state index is -2.91. The molecule has 0 spiro atoms. The third-order valence-corrected chi connectivity index (χ3v) is 20.1. The Balaban J connectivity index is 1.71. The van der Waals surface area contributed by atoms with E-state index in [-0.39, 0.29) is 53.2 Å². The van der Waals surface area contributed by atoms with Crippen molar-refractivity contribution in [1.82, 2.24) is 9.80 Å². The molecule has 0 bridgehead atoms. The fourth-order valence-electron chi connectivity index (χ4n) is 5.85. The number of nitrogens with zero attached hydrogens (tertiary/aromatic N) is 2. The van der Waals surface area contributed by atoms with Crippen molar-refractivity contribution >= 4 is 56.4 Å². The topological polar surface area (TPSA) is 76.2 Å². The van der Waals surface area contributed by atoms with Crippen LogP contribution in [0.15, 0.2) is 60.7 Å². The van der Waals surface area contributed by atoms with E-state index in [9.17, 15) is 14.4 Å². The second-order valence-electron chi connectivity index (χ2n) is 14.0. The summed E-state index contributed by atoms with van der Waals surface area (Å²) in [5, 5.41) is 1.96. The summed E-state index contributed by atoms with van der Waals surface area (Å²) in [6.07, 6.45) is 0.0661. The van der Waals surface area contributed by atoms with Crippen molar-refractivity contribution in [3.63, 3.8) is 0 Å². The monoisotopic (exact) mass is 626 g/mol. The zero-order valence-corrected chi connectivity index (χ0v) is 29.3. The Morgan fingerprint density at radius 3 is 1.86 bits per heavy atom. The largest absolute Gasteiger partial charge is 0.408 e. The fourth-order valence-corrected chi connectivity index (χ4v) is 13.4. The van der Waals surface area contributed by atoms with Gasteiger partial charge < -0.3 is 18.7 Å². The zero-order chi connectivity index (χ0) is 31.1. The number of likely N-dealkylation sites (N-methyl/N-ethyl adjacent to an activating group) is 1. The molecule has 2 atom stereocenters. The molecule has 0 N–H and O–H groups in total. The van der Waals surface area contributed by atoms with Gasteiger partial charge in [0.2, 0.25) is 10.8 Å². The molecule has 0 aromatic heterocycles. The lowest BCUT2D eigenvalue weighted by atomic mass is 10.1. The Morgan fingerprint density at radius 2 is 1.38 bits per heavy atom. The van der Waals surface area contributed by atoms with E-state index in [4.69, 9.17) is 8.85 Å². The Bertz CT molecular complexity index is 1270. The number of Topliss-reactive ketones (excluding diaryl/α,β-unsaturated/α-hetero) is 1. The smallest absolute Gasteiger partial charge is 0.267 e. The van der Waals surface area contributed by atoms with E-state index in [0.717, 1.165) is 22.1 Å². The molecule has 2 aromatic rings. The summed E-state index contributed by atoms with van der Waals surface area (Å²) >= 11 is 1.15. The first-order chi connectivity index (χ1) is 19.5. The molecule has 0 unspecified atom stereocenters. The molecule has 10 heteroatoms. The second kappa shape index (κ2) is 11.7. The van der Waals surface area contributed by atoms with E-state index in [1.54, 1.807) is 7.05 Å². The average molecular weight is 627 g/mol. The molecule has 2 aromatic carbocycles. The number of hydrogen-bond donors (Lipinski definition) is 0. The van der Waals surface area contributed by atoms with Gasteiger partial charge in [-0.1, -0.05) is 114 Å². The molecule has 42 heavy (non-hydrogen) atoms. The highest BCUT2D eigenvalue weighted by atomic mass is 32.2. The summed E-state index contributed by atoms with van der Waals surface area (Å²) < 4.78 is 13.5. The van der Waals surface area contributed by atoms with Crippen molar-refractivity contribution in [3.05, 3.63) is 60.7 Å². The first-order valence-corrected chi connectivity index (χ1v) is 20.4. The highest BCUT2D eigenvalue weighted by molar-refractivity contribution is 8.02. The molecule has 0 aliphatic carbocycles. The molecule has 2 heterocycles. The molecule has 0 saturated carbocycles. The van der Waals surface area contributed by atoms with Gasteiger partial charge in [-0.3, -0.25) is 14.4 Å². The maximum absolute atomic E-state index is 13.9. The van der Waals surface area contributed by atoms with E-state index in [1.807, 2.05) is 36.4 Å². The number of piperazine rings is 1. The van der Waals surface area contributed by atoms with Gasteiger partial charge in [0.15, 0.2) is 14.1 Å². The van der Waals surface area contributed by atoms with Gasteiger partial charge in [0.1, 0.15) is 0 Å². The van der Waals surface area contributed by atoms with Crippen molar-refractivity contribution in [2.45, 2.75) is 82.0 Å². The normalized spacial score (nSPS) is 22.1. The van der Waals surface area contributed by atoms with Gasteiger partial charge in [0, 0.05) is 13.5 Å². The van der Waals surface area contributed by atoms with Crippen LogP contribution >= 0.6 is 11.8 Å². The predicted molar refractivity (Wildman–Crippen MR) is 175 cm³/mol. The molecule has 228 valence electrons. The molecule has 2 aliphatic heterocycles. The second-order valence-corrected chi connectivity index (χ2v) is 24.2. The lowest BCUT2D eigenvalue weighted by Gasteiger charge is -2.47. The number of carbonyl (C=O) groups is 3. The van der Waals surface area contributed by atoms with Crippen LogP contribution in [-0.2, 0) is 23.2 Å². The van der Waals surface area contributed by atoms with Crippen LogP contribution in [0.25, 0.3) is 0 Å². The number of benzene rings is 2. The molecular weight excluding hydrogens is 581 g/mol. The fraction of sp³-hybridized carbons (Fsp3) is 0.531. The average Bonchev–Trinajstić information content (AvgIpc) is 3.20. The van der Waals surface area contributed by atoms with Crippen LogP contribution in [0.2, 0.25) is 23.2 Å². The number of hydrogen-bond acceptors (Lipinski definition) is 6. The lowest BCUT2D eigenvalue weighted by Crippen LogP contribution is -2.69. The maximum Gasteiger partial charge on any atom is 0.267 e. The molecule has 2 fully saturated rings. The Hall–Kier alpha value is -2.25. The molecule has 2 aliphatic rings. The van der Waals surface area contributed by atoms with Crippen LogP contribution in [0, 0.1) is 0 Å². The lowest BCUT2D eigenvalue weighted by molar-refractivity contribution is -0.158. The number of rotatable bonds is 9. The number of ketones is 1. The van der Waals surface area contributed by atoms with E-state index >= 15 is 0 Å². The summed E-state index contributed by atoms with van der Waals surface area (Å²) in [5.41, 5.74) is 0. The van der Waals surface area contributed by atoms with Gasteiger partial charge >= 0.3 is 0 Å². The van der Waals surface area contributed by atoms with Crippen molar-refractivity contribution < 1.29 is 23.2 Å². The van der Waals surface area contributed by atoms with E-state index < -0.39 is 27.5 Å². The number of fused-ring (bicyclic) bond motifs is 1. The van der Waals surface area contributed by atoms with E-state index in [1.165, 1.54) is 9.80 Å². The Morgan fingerprint density at radius 1 is 0.857 bits per heavy atom. The Kier molecular flexibility index (Phi) is 9.09. The highest BCUT2D eigenvalue weighted by Gasteiger charge is 2.64. The van der Waals surface area contributed by atoms with Crippen molar-refractivity contribution in [2.24, 2.45) is 0 Å². The molecule has 4 rings (SSSR count). The molecule has 7 nitrogen and oxygen atoms in total. The van der Waals surface area contributed by atoms with Crippen molar-refractivity contribution in [1.29, 1.82) is 0 Å². The van der Waals surface area contributed by atoms with Gasteiger partial charge in [-0.05, 0) is 33.5 Å². The number of carbonyl (C=O) groups excluding carboxylic acids is 3. The highest BCUT2D eigenvalue weighted by Crippen LogP contribution is 2.46. The van der Waals surface area contributed by atoms with Crippen LogP contribution in [0.3, 0.4) is 0 Å². The third kappa shape index (κ3) is 5.56. The summed E-state index contributed by atoms with van der Waals surface area (Å²) in [5.74, 6) is -0.691.